The molecule has 0 radical (unpaired) electrons. The lowest BCUT2D eigenvalue weighted by atomic mass is 9.95. The summed E-state index contributed by atoms with van der Waals surface area (Å²) in [5, 5.41) is 8.21. The third kappa shape index (κ3) is 5.26. The monoisotopic (exact) mass is 572 g/mol. The number of hydrogen-bond donors (Lipinski definition) is 1. The van der Waals surface area contributed by atoms with Gasteiger partial charge in [-0.1, -0.05) is 45.9 Å². The predicted molar refractivity (Wildman–Crippen MR) is 140 cm³/mol. The van der Waals surface area contributed by atoms with E-state index < -0.39 is 12.0 Å². The second-order valence-electron chi connectivity index (χ2n) is 7.78. The summed E-state index contributed by atoms with van der Waals surface area (Å²) >= 11 is 4.61. The normalized spacial score (nSPS) is 14.6. The molecule has 1 atom stereocenters. The number of allylic oxidation sites excluding steroid dienone is 1. The number of methoxy groups -OCH3 is 2. The fourth-order valence-corrected chi connectivity index (χ4v) is 4.83. The van der Waals surface area contributed by atoms with Crippen LogP contribution in [0.15, 0.2) is 63.4 Å². The minimum atomic E-state index is -0.621. The van der Waals surface area contributed by atoms with Gasteiger partial charge in [0.1, 0.15) is 6.04 Å². The zero-order valence-electron chi connectivity index (χ0n) is 20.2. The molecule has 188 valence electrons. The SMILES string of the molecule is CCOC(=O)C1=C(C)Nc2nc(SCC(=O)c3ccc(Br)cc3)nn2C1c1ccc(OC)c(OC)c1. The molecule has 1 N–H and O–H groups in total. The first-order valence-corrected chi connectivity index (χ1v) is 12.9. The Bertz CT molecular complexity index is 1320. The minimum absolute atomic E-state index is 0.0359. The number of anilines is 1. The van der Waals surface area contributed by atoms with Gasteiger partial charge >= 0.3 is 5.97 Å². The summed E-state index contributed by atoms with van der Waals surface area (Å²) < 4.78 is 18.7. The van der Waals surface area contributed by atoms with Gasteiger partial charge in [0.15, 0.2) is 17.3 Å². The smallest absolute Gasteiger partial charge is 0.338 e. The number of thioether (sulfide) groups is 1. The van der Waals surface area contributed by atoms with Crippen molar-refractivity contribution in [1.82, 2.24) is 14.8 Å². The van der Waals surface area contributed by atoms with E-state index in [9.17, 15) is 9.59 Å². The zero-order chi connectivity index (χ0) is 25.8. The van der Waals surface area contributed by atoms with E-state index in [-0.39, 0.29) is 18.1 Å². The molecular weight excluding hydrogens is 548 g/mol. The highest BCUT2D eigenvalue weighted by molar-refractivity contribution is 9.10. The molecule has 0 bridgehead atoms. The topological polar surface area (TPSA) is 105 Å². The van der Waals surface area contributed by atoms with E-state index >= 15 is 0 Å². The number of esters is 1. The number of carbonyl (C=O) groups excluding carboxylic acids is 2. The largest absolute Gasteiger partial charge is 0.493 e. The Labute approximate surface area is 221 Å². The first kappa shape index (κ1) is 25.8. The van der Waals surface area contributed by atoms with Crippen molar-refractivity contribution in [2.24, 2.45) is 0 Å². The first-order chi connectivity index (χ1) is 17.4. The van der Waals surface area contributed by atoms with Gasteiger partial charge in [0.2, 0.25) is 11.1 Å². The van der Waals surface area contributed by atoms with Crippen molar-refractivity contribution < 1.29 is 23.8 Å². The van der Waals surface area contributed by atoms with Crippen LogP contribution in [0.3, 0.4) is 0 Å². The maximum absolute atomic E-state index is 13.0. The predicted octanol–water partition coefficient (Wildman–Crippen LogP) is 4.88. The van der Waals surface area contributed by atoms with E-state index in [1.807, 2.05) is 18.2 Å². The Kier molecular flexibility index (Phi) is 8.00. The number of carbonyl (C=O) groups is 2. The van der Waals surface area contributed by atoms with Gasteiger partial charge < -0.3 is 19.5 Å². The molecule has 11 heteroatoms. The van der Waals surface area contributed by atoms with Gasteiger partial charge in [-0.3, -0.25) is 4.79 Å². The molecule has 4 rings (SSSR count). The van der Waals surface area contributed by atoms with Gasteiger partial charge in [-0.05, 0) is 43.7 Å². The van der Waals surface area contributed by atoms with Crippen LogP contribution in [0.4, 0.5) is 5.95 Å². The van der Waals surface area contributed by atoms with E-state index in [2.05, 4.69) is 31.3 Å². The molecule has 0 saturated heterocycles. The summed E-state index contributed by atoms with van der Waals surface area (Å²) in [7, 11) is 3.11. The van der Waals surface area contributed by atoms with Crippen molar-refractivity contribution in [1.29, 1.82) is 0 Å². The summed E-state index contributed by atoms with van der Waals surface area (Å²) in [6, 6.07) is 12.0. The molecule has 36 heavy (non-hydrogen) atoms. The number of hydrogen-bond acceptors (Lipinski definition) is 9. The number of Topliss-reactive ketones (excluding diaryl/α,β-unsaturated/α-hetero) is 1. The maximum Gasteiger partial charge on any atom is 0.338 e. The minimum Gasteiger partial charge on any atom is -0.493 e. The summed E-state index contributed by atoms with van der Waals surface area (Å²) in [6.07, 6.45) is 0. The maximum atomic E-state index is 13.0. The van der Waals surface area contributed by atoms with Gasteiger partial charge in [-0.25, -0.2) is 9.48 Å². The quantitative estimate of drug-likeness (QED) is 0.218. The van der Waals surface area contributed by atoms with Crippen molar-refractivity contribution in [2.45, 2.75) is 25.0 Å². The number of ether oxygens (including phenoxy) is 3. The lowest BCUT2D eigenvalue weighted by molar-refractivity contribution is -0.139. The lowest BCUT2D eigenvalue weighted by Gasteiger charge is -2.28. The number of nitrogens with zero attached hydrogens (tertiary/aromatic N) is 3. The molecule has 2 heterocycles. The van der Waals surface area contributed by atoms with Crippen molar-refractivity contribution in [3.8, 4) is 11.5 Å². The molecule has 0 spiro atoms. The van der Waals surface area contributed by atoms with Crippen molar-refractivity contribution in [3.63, 3.8) is 0 Å². The number of benzene rings is 2. The third-order valence-corrected chi connectivity index (χ3v) is 6.92. The van der Waals surface area contributed by atoms with Crippen LogP contribution < -0.4 is 14.8 Å². The van der Waals surface area contributed by atoms with Crippen LogP contribution >= 0.6 is 27.7 Å². The van der Waals surface area contributed by atoms with Crippen LogP contribution in [0, 0.1) is 0 Å². The molecule has 0 fully saturated rings. The molecule has 1 aliphatic rings. The van der Waals surface area contributed by atoms with Crippen LogP contribution in [0.25, 0.3) is 0 Å². The number of nitrogens with one attached hydrogen (secondary N) is 1. The molecular formula is C25H25BrN4O5S. The van der Waals surface area contributed by atoms with Gasteiger partial charge in [0.05, 0.1) is 32.2 Å². The number of ketones is 1. The number of fused-ring (bicyclic) bond motifs is 1. The van der Waals surface area contributed by atoms with Crippen molar-refractivity contribution in [3.05, 3.63) is 69.3 Å². The van der Waals surface area contributed by atoms with Gasteiger partial charge in [0, 0.05) is 15.7 Å². The molecule has 0 amide bonds. The molecule has 9 nitrogen and oxygen atoms in total. The van der Waals surface area contributed by atoms with E-state index in [0.717, 1.165) is 10.0 Å². The lowest BCUT2D eigenvalue weighted by Crippen LogP contribution is -2.29. The number of halogens is 1. The molecule has 1 aromatic heterocycles. The van der Waals surface area contributed by atoms with Crippen LogP contribution in [-0.4, -0.2) is 53.1 Å². The van der Waals surface area contributed by atoms with Crippen LogP contribution in [0.2, 0.25) is 0 Å². The molecule has 0 aliphatic carbocycles. The number of aromatic nitrogens is 3. The van der Waals surface area contributed by atoms with E-state index in [1.165, 1.54) is 11.8 Å². The molecule has 1 unspecified atom stereocenters. The van der Waals surface area contributed by atoms with E-state index in [0.29, 0.717) is 39.4 Å². The van der Waals surface area contributed by atoms with E-state index in [4.69, 9.17) is 14.2 Å². The second kappa shape index (κ2) is 11.2. The fraction of sp³-hybridized carbons (Fsp3) is 0.280. The molecule has 0 saturated carbocycles. The summed E-state index contributed by atoms with van der Waals surface area (Å²) in [5.74, 6) is 1.22. The van der Waals surface area contributed by atoms with Crippen LogP contribution in [0.1, 0.15) is 35.8 Å². The van der Waals surface area contributed by atoms with Crippen LogP contribution in [-0.2, 0) is 9.53 Å². The van der Waals surface area contributed by atoms with Crippen molar-refractivity contribution >= 4 is 45.4 Å². The van der Waals surface area contributed by atoms with Crippen molar-refractivity contribution in [2.75, 3.05) is 31.9 Å². The summed E-state index contributed by atoms with van der Waals surface area (Å²) in [4.78, 5) is 30.2. The highest BCUT2D eigenvalue weighted by Crippen LogP contribution is 2.39. The fourth-order valence-electron chi connectivity index (χ4n) is 3.85. The highest BCUT2D eigenvalue weighted by Gasteiger charge is 2.35. The number of rotatable bonds is 9. The highest BCUT2D eigenvalue weighted by atomic mass is 79.9. The average molecular weight is 573 g/mol. The Morgan fingerprint density at radius 1 is 1.11 bits per heavy atom. The standard InChI is InChI=1S/C25H25BrN4O5S/c1-5-35-23(32)21-14(2)27-24-28-25(36-13-18(31)15-6-9-17(26)10-7-15)29-30(24)22(21)16-8-11-19(33-3)20(12-16)34-4/h6-12,22H,5,13H2,1-4H3,(H,27,28,29). The van der Waals surface area contributed by atoms with Crippen LogP contribution in [0.5, 0.6) is 11.5 Å². The van der Waals surface area contributed by atoms with E-state index in [1.54, 1.807) is 57.0 Å². The Balaban J connectivity index is 1.68. The van der Waals surface area contributed by atoms with Gasteiger partial charge in [0.25, 0.3) is 0 Å². The summed E-state index contributed by atoms with van der Waals surface area (Å²) in [6.45, 7) is 3.79. The Morgan fingerprint density at radius 3 is 2.50 bits per heavy atom. The molecule has 2 aromatic carbocycles. The Hall–Kier alpha value is -3.31. The first-order valence-electron chi connectivity index (χ1n) is 11.1. The average Bonchev–Trinajstić information content (AvgIpc) is 3.28. The second-order valence-corrected chi connectivity index (χ2v) is 9.64. The summed E-state index contributed by atoms with van der Waals surface area (Å²) in [5.41, 5.74) is 2.36. The Morgan fingerprint density at radius 2 is 1.83 bits per heavy atom. The molecule has 1 aliphatic heterocycles. The zero-order valence-corrected chi connectivity index (χ0v) is 22.6. The van der Waals surface area contributed by atoms with Gasteiger partial charge in [-0.2, -0.15) is 4.98 Å². The van der Waals surface area contributed by atoms with Gasteiger partial charge in [-0.15, -0.1) is 5.10 Å². The third-order valence-electron chi connectivity index (χ3n) is 5.55. The molecule has 3 aromatic rings.